The summed E-state index contributed by atoms with van der Waals surface area (Å²) in [6.45, 7) is 13.0. The van der Waals surface area contributed by atoms with E-state index in [0.29, 0.717) is 12.0 Å². The molecule has 2 N–H and O–H groups in total. The molecule has 3 rings (SSSR count). The van der Waals surface area contributed by atoms with Crippen molar-refractivity contribution < 1.29 is 4.74 Å². The number of thiophene rings is 1. The van der Waals surface area contributed by atoms with Gasteiger partial charge in [0.05, 0.1) is 25.8 Å². The molecule has 2 saturated heterocycles. The number of halogens is 1. The molecule has 1 aromatic heterocycles. The highest BCUT2D eigenvalue weighted by Crippen LogP contribution is 2.28. The molecule has 0 spiro atoms. The summed E-state index contributed by atoms with van der Waals surface area (Å²) in [5, 5.41) is 7.03. The molecular formula is C21H38IN5OS. The second-order valence-corrected chi connectivity index (χ2v) is 9.30. The van der Waals surface area contributed by atoms with Crippen molar-refractivity contribution in [3.63, 3.8) is 0 Å². The third kappa shape index (κ3) is 7.97. The Labute approximate surface area is 197 Å². The summed E-state index contributed by atoms with van der Waals surface area (Å²) in [4.78, 5) is 12.7. The third-order valence-electron chi connectivity index (χ3n) is 5.62. The average molecular weight is 536 g/mol. The molecule has 2 aliphatic rings. The molecule has 8 heteroatoms. The fraction of sp³-hybridized carbons (Fsp3) is 0.762. The maximum absolute atomic E-state index is 5.57. The second-order valence-electron chi connectivity index (χ2n) is 7.98. The van der Waals surface area contributed by atoms with Crippen LogP contribution in [0.15, 0.2) is 17.1 Å². The van der Waals surface area contributed by atoms with Gasteiger partial charge in [-0.2, -0.15) is 0 Å². The molecule has 29 heavy (non-hydrogen) atoms. The first kappa shape index (κ1) is 24.8. The summed E-state index contributed by atoms with van der Waals surface area (Å²) in [6.07, 6.45) is 2.61. The number of likely N-dealkylation sites (tertiary alicyclic amines) is 1. The molecule has 3 heterocycles. The second kappa shape index (κ2) is 13.1. The molecule has 166 valence electrons. The first-order valence-corrected chi connectivity index (χ1v) is 11.6. The maximum Gasteiger partial charge on any atom is 0.191 e. The van der Waals surface area contributed by atoms with Crippen molar-refractivity contribution in [3.05, 3.63) is 21.9 Å². The fourth-order valence-electron chi connectivity index (χ4n) is 4.11. The predicted octanol–water partition coefficient (Wildman–Crippen LogP) is 2.94. The molecule has 0 aliphatic carbocycles. The van der Waals surface area contributed by atoms with Crippen molar-refractivity contribution in [2.45, 2.75) is 32.7 Å². The summed E-state index contributed by atoms with van der Waals surface area (Å²) in [5.41, 5.74) is 0. The van der Waals surface area contributed by atoms with E-state index in [4.69, 9.17) is 9.73 Å². The van der Waals surface area contributed by atoms with Crippen molar-refractivity contribution in [1.82, 2.24) is 20.4 Å². The van der Waals surface area contributed by atoms with Crippen LogP contribution in [0.4, 0.5) is 0 Å². The van der Waals surface area contributed by atoms with Gasteiger partial charge >= 0.3 is 0 Å². The molecule has 0 amide bonds. The highest BCUT2D eigenvalue weighted by molar-refractivity contribution is 14.0. The minimum Gasteiger partial charge on any atom is -0.379 e. The highest BCUT2D eigenvalue weighted by atomic mass is 127. The zero-order valence-electron chi connectivity index (χ0n) is 18.2. The molecule has 2 atom stereocenters. The predicted molar refractivity (Wildman–Crippen MR) is 134 cm³/mol. The van der Waals surface area contributed by atoms with Gasteiger partial charge in [0.1, 0.15) is 0 Å². The van der Waals surface area contributed by atoms with Gasteiger partial charge in [0.25, 0.3) is 0 Å². The maximum atomic E-state index is 5.57. The number of nitrogens with one attached hydrogen (secondary N) is 2. The van der Waals surface area contributed by atoms with Crippen molar-refractivity contribution >= 4 is 41.3 Å². The normalized spacial score (nSPS) is 22.7. The summed E-state index contributed by atoms with van der Waals surface area (Å²) in [6, 6.07) is 4.83. The summed E-state index contributed by atoms with van der Waals surface area (Å²) < 4.78 is 5.57. The number of hydrogen-bond donors (Lipinski definition) is 2. The summed E-state index contributed by atoms with van der Waals surface area (Å²) in [7, 11) is 2.22. The van der Waals surface area contributed by atoms with Crippen LogP contribution in [0.2, 0.25) is 0 Å². The third-order valence-corrected chi connectivity index (χ3v) is 6.72. The number of aliphatic imine (C=N–C) groups is 1. The Morgan fingerprint density at radius 1 is 1.28 bits per heavy atom. The first-order valence-electron chi connectivity index (χ1n) is 10.7. The fourth-order valence-corrected chi connectivity index (χ4v) is 5.11. The Hall–Kier alpha value is -0.420. The van der Waals surface area contributed by atoms with Gasteiger partial charge in [-0.05, 0) is 58.3 Å². The standard InChI is InChI=1S/C21H37N5OS.HI/c1-4-22-21(23-14-18-6-5-9-25(3)16-18)24-15-19(20-8-7-17(2)28-20)26-10-12-27-13-11-26;/h7-8,18-19H,4-6,9-16H2,1-3H3,(H2,22,23,24);1H. The van der Waals surface area contributed by atoms with Crippen molar-refractivity contribution in [3.8, 4) is 0 Å². The van der Waals surface area contributed by atoms with Gasteiger partial charge in [-0.15, -0.1) is 35.3 Å². The van der Waals surface area contributed by atoms with Gasteiger partial charge < -0.3 is 20.3 Å². The molecular weight excluding hydrogens is 497 g/mol. The smallest absolute Gasteiger partial charge is 0.191 e. The Balaban J connectivity index is 0.00000300. The lowest BCUT2D eigenvalue weighted by molar-refractivity contribution is 0.0186. The Morgan fingerprint density at radius 2 is 2.07 bits per heavy atom. The van der Waals surface area contributed by atoms with E-state index < -0.39 is 0 Å². The molecule has 0 saturated carbocycles. The van der Waals surface area contributed by atoms with Crippen LogP contribution in [0, 0.1) is 12.8 Å². The lowest BCUT2D eigenvalue weighted by Crippen LogP contribution is -2.44. The van der Waals surface area contributed by atoms with Gasteiger partial charge in [0.2, 0.25) is 0 Å². The molecule has 0 radical (unpaired) electrons. The number of piperidine rings is 1. The minimum absolute atomic E-state index is 0. The van der Waals surface area contributed by atoms with E-state index >= 15 is 0 Å². The Morgan fingerprint density at radius 3 is 2.72 bits per heavy atom. The zero-order valence-corrected chi connectivity index (χ0v) is 21.3. The van der Waals surface area contributed by atoms with Crippen molar-refractivity contribution in [1.29, 1.82) is 0 Å². The Bertz CT molecular complexity index is 620. The van der Waals surface area contributed by atoms with Crippen LogP contribution in [0.5, 0.6) is 0 Å². The minimum atomic E-state index is 0. The average Bonchev–Trinajstić information content (AvgIpc) is 3.13. The Kier molecular flexibility index (Phi) is 11.2. The van der Waals surface area contributed by atoms with Crippen LogP contribution in [0.25, 0.3) is 0 Å². The monoisotopic (exact) mass is 535 g/mol. The SMILES string of the molecule is CCNC(=NCC(c1ccc(C)s1)N1CCOCC1)NCC1CCCN(C)C1.I. The van der Waals surface area contributed by atoms with Gasteiger partial charge in [-0.25, -0.2) is 0 Å². The quantitative estimate of drug-likeness (QED) is 0.320. The van der Waals surface area contributed by atoms with E-state index in [1.807, 2.05) is 11.3 Å². The van der Waals surface area contributed by atoms with E-state index in [-0.39, 0.29) is 24.0 Å². The van der Waals surface area contributed by atoms with Crippen LogP contribution >= 0.6 is 35.3 Å². The van der Waals surface area contributed by atoms with E-state index in [1.54, 1.807) is 0 Å². The molecule has 0 bridgehead atoms. The van der Waals surface area contributed by atoms with E-state index in [1.165, 1.54) is 35.7 Å². The van der Waals surface area contributed by atoms with E-state index in [2.05, 4.69) is 53.5 Å². The molecule has 2 unspecified atom stereocenters. The molecule has 2 fully saturated rings. The van der Waals surface area contributed by atoms with Gasteiger partial charge in [-0.1, -0.05) is 0 Å². The van der Waals surface area contributed by atoms with Gasteiger partial charge in [0, 0.05) is 42.5 Å². The molecule has 6 nitrogen and oxygen atoms in total. The van der Waals surface area contributed by atoms with Crippen LogP contribution < -0.4 is 10.6 Å². The van der Waals surface area contributed by atoms with E-state index in [9.17, 15) is 0 Å². The lowest BCUT2D eigenvalue weighted by Gasteiger charge is -2.33. The van der Waals surface area contributed by atoms with E-state index in [0.717, 1.165) is 51.9 Å². The molecule has 1 aromatic rings. The first-order chi connectivity index (χ1) is 13.7. The largest absolute Gasteiger partial charge is 0.379 e. The van der Waals surface area contributed by atoms with Crippen LogP contribution in [-0.4, -0.2) is 81.8 Å². The topological polar surface area (TPSA) is 52.1 Å². The number of ether oxygens (including phenoxy) is 1. The number of guanidine groups is 1. The number of morpholine rings is 1. The lowest BCUT2D eigenvalue weighted by atomic mass is 9.99. The van der Waals surface area contributed by atoms with Crippen LogP contribution in [-0.2, 0) is 4.74 Å². The van der Waals surface area contributed by atoms with Gasteiger partial charge in [-0.3, -0.25) is 9.89 Å². The number of hydrogen-bond acceptors (Lipinski definition) is 5. The number of nitrogens with zero attached hydrogens (tertiary/aromatic N) is 3. The summed E-state index contributed by atoms with van der Waals surface area (Å²) in [5.74, 6) is 1.65. The van der Waals surface area contributed by atoms with Crippen LogP contribution in [0.3, 0.4) is 0 Å². The zero-order chi connectivity index (χ0) is 19.8. The molecule has 0 aromatic carbocycles. The van der Waals surface area contributed by atoms with Gasteiger partial charge in [0.15, 0.2) is 5.96 Å². The van der Waals surface area contributed by atoms with Crippen molar-refractivity contribution in [2.75, 3.05) is 66.1 Å². The van der Waals surface area contributed by atoms with Crippen LogP contribution in [0.1, 0.15) is 35.6 Å². The number of rotatable bonds is 7. The summed E-state index contributed by atoms with van der Waals surface area (Å²) >= 11 is 1.89. The highest BCUT2D eigenvalue weighted by Gasteiger charge is 2.24. The number of aryl methyl sites for hydroxylation is 1. The van der Waals surface area contributed by atoms with Crippen molar-refractivity contribution in [2.24, 2.45) is 10.9 Å². The molecule has 2 aliphatic heterocycles.